The molecular formula is C17H20N2O2. The van der Waals surface area contributed by atoms with E-state index in [9.17, 15) is 10.2 Å². The predicted molar refractivity (Wildman–Crippen MR) is 83.9 cm³/mol. The lowest BCUT2D eigenvalue weighted by molar-refractivity contribution is 0.399. The number of hydrogen-bond donors (Lipinski definition) is 4. The van der Waals surface area contributed by atoms with Gasteiger partial charge in [0.05, 0.1) is 0 Å². The van der Waals surface area contributed by atoms with Crippen molar-refractivity contribution in [3.05, 3.63) is 53.1 Å². The van der Waals surface area contributed by atoms with Crippen LogP contribution in [-0.4, -0.2) is 23.3 Å². The van der Waals surface area contributed by atoms with Crippen LogP contribution in [0.4, 0.5) is 5.69 Å². The maximum atomic E-state index is 9.71. The van der Waals surface area contributed by atoms with Crippen LogP contribution in [0.5, 0.6) is 11.5 Å². The van der Waals surface area contributed by atoms with Crippen LogP contribution >= 0.6 is 0 Å². The summed E-state index contributed by atoms with van der Waals surface area (Å²) < 4.78 is 0. The van der Waals surface area contributed by atoms with Crippen molar-refractivity contribution >= 4 is 5.69 Å². The molecule has 3 rings (SSSR count). The van der Waals surface area contributed by atoms with Crippen LogP contribution in [0.2, 0.25) is 0 Å². The van der Waals surface area contributed by atoms with Gasteiger partial charge in [0.15, 0.2) is 11.5 Å². The molecule has 0 fully saturated rings. The van der Waals surface area contributed by atoms with E-state index in [2.05, 4.69) is 41.8 Å². The van der Waals surface area contributed by atoms with Crippen LogP contribution in [-0.2, 0) is 6.42 Å². The highest BCUT2D eigenvalue weighted by Gasteiger charge is 2.21. The average molecular weight is 284 g/mol. The van der Waals surface area contributed by atoms with Crippen molar-refractivity contribution in [1.82, 2.24) is 5.32 Å². The second-order valence-corrected chi connectivity index (χ2v) is 5.54. The van der Waals surface area contributed by atoms with Crippen molar-refractivity contribution < 1.29 is 10.2 Å². The summed E-state index contributed by atoms with van der Waals surface area (Å²) in [4.78, 5) is 0. The predicted octanol–water partition coefficient (Wildman–Crippen LogP) is 2.71. The molecule has 1 aliphatic rings. The molecule has 0 amide bonds. The van der Waals surface area contributed by atoms with Crippen molar-refractivity contribution in [3.63, 3.8) is 0 Å². The Bertz CT molecular complexity index is 638. The summed E-state index contributed by atoms with van der Waals surface area (Å²) >= 11 is 0. The fourth-order valence-electron chi connectivity index (χ4n) is 2.74. The number of nitrogens with one attached hydrogen (secondary N) is 2. The number of aryl methyl sites for hydroxylation is 1. The molecule has 0 aromatic heterocycles. The second-order valence-electron chi connectivity index (χ2n) is 5.54. The minimum Gasteiger partial charge on any atom is -0.504 e. The van der Waals surface area contributed by atoms with Gasteiger partial charge in [0.2, 0.25) is 0 Å². The first-order chi connectivity index (χ1) is 10.1. The van der Waals surface area contributed by atoms with Gasteiger partial charge in [-0.3, -0.25) is 0 Å². The Morgan fingerprint density at radius 3 is 2.62 bits per heavy atom. The van der Waals surface area contributed by atoms with E-state index in [0.717, 1.165) is 36.3 Å². The van der Waals surface area contributed by atoms with Gasteiger partial charge in [-0.1, -0.05) is 17.7 Å². The van der Waals surface area contributed by atoms with E-state index in [0.29, 0.717) is 0 Å². The van der Waals surface area contributed by atoms with Crippen molar-refractivity contribution in [2.75, 3.05) is 18.4 Å². The van der Waals surface area contributed by atoms with Gasteiger partial charge >= 0.3 is 0 Å². The highest BCUT2D eigenvalue weighted by Crippen LogP contribution is 2.33. The first-order valence-corrected chi connectivity index (χ1v) is 7.22. The topological polar surface area (TPSA) is 64.5 Å². The van der Waals surface area contributed by atoms with Crippen LogP contribution in [0.25, 0.3) is 0 Å². The third kappa shape index (κ3) is 2.95. The Morgan fingerprint density at radius 2 is 1.86 bits per heavy atom. The Balaban J connectivity index is 1.76. The maximum Gasteiger partial charge on any atom is 0.157 e. The summed E-state index contributed by atoms with van der Waals surface area (Å²) in [7, 11) is 0. The van der Waals surface area contributed by atoms with Crippen molar-refractivity contribution in [1.29, 1.82) is 0 Å². The first kappa shape index (κ1) is 13.8. The number of rotatable bonds is 3. The Labute approximate surface area is 124 Å². The summed E-state index contributed by atoms with van der Waals surface area (Å²) in [5.41, 5.74) is 4.47. The van der Waals surface area contributed by atoms with Crippen molar-refractivity contribution in [2.45, 2.75) is 19.4 Å². The van der Waals surface area contributed by atoms with Gasteiger partial charge in [-0.2, -0.15) is 0 Å². The van der Waals surface area contributed by atoms with Gasteiger partial charge in [-0.25, -0.2) is 0 Å². The number of phenolic OH excluding ortho intramolecular Hbond substituents is 2. The molecule has 0 saturated heterocycles. The lowest BCUT2D eigenvalue weighted by atomic mass is 9.93. The minimum atomic E-state index is -0.0576. The van der Waals surface area contributed by atoms with Crippen LogP contribution < -0.4 is 10.6 Å². The minimum absolute atomic E-state index is 0.0408. The highest BCUT2D eigenvalue weighted by molar-refractivity contribution is 5.49. The second kappa shape index (κ2) is 5.66. The number of phenols is 2. The zero-order valence-electron chi connectivity index (χ0n) is 12.1. The van der Waals surface area contributed by atoms with E-state index in [4.69, 9.17) is 0 Å². The maximum absolute atomic E-state index is 9.71. The molecule has 0 saturated carbocycles. The zero-order valence-corrected chi connectivity index (χ0v) is 12.1. The number of fused-ring (bicyclic) bond motifs is 1. The van der Waals surface area contributed by atoms with E-state index in [1.807, 2.05) is 0 Å². The fraction of sp³-hybridized carbons (Fsp3) is 0.294. The third-order valence-corrected chi connectivity index (χ3v) is 3.96. The Kier molecular flexibility index (Phi) is 3.71. The largest absolute Gasteiger partial charge is 0.504 e. The highest BCUT2D eigenvalue weighted by atomic mass is 16.3. The molecular weight excluding hydrogens is 264 g/mol. The molecule has 1 heterocycles. The molecule has 1 aliphatic heterocycles. The third-order valence-electron chi connectivity index (χ3n) is 3.96. The lowest BCUT2D eigenvalue weighted by Gasteiger charge is -2.28. The normalized spacial score (nSPS) is 17.3. The number of aromatic hydroxyl groups is 2. The molecule has 1 unspecified atom stereocenters. The molecule has 0 spiro atoms. The number of anilines is 1. The van der Waals surface area contributed by atoms with E-state index in [-0.39, 0.29) is 17.5 Å². The van der Waals surface area contributed by atoms with E-state index >= 15 is 0 Å². The van der Waals surface area contributed by atoms with Crippen LogP contribution in [0.1, 0.15) is 22.7 Å². The van der Waals surface area contributed by atoms with Gasteiger partial charge in [0.25, 0.3) is 0 Å². The van der Waals surface area contributed by atoms with Gasteiger partial charge < -0.3 is 20.8 Å². The van der Waals surface area contributed by atoms with Gasteiger partial charge in [0.1, 0.15) is 0 Å². The summed E-state index contributed by atoms with van der Waals surface area (Å²) in [6.07, 6.45) is 0.865. The standard InChI is InChI=1S/C17H20N2O2/c1-11-2-4-13(5-3-11)19-10-15-14-9-17(21)16(20)8-12(14)6-7-18-15/h2-5,8-9,15,18-21H,6-7,10H2,1H3. The quantitative estimate of drug-likeness (QED) is 0.654. The zero-order chi connectivity index (χ0) is 14.8. The number of benzene rings is 2. The van der Waals surface area contributed by atoms with Crippen molar-refractivity contribution in [3.8, 4) is 11.5 Å². The molecule has 2 aromatic carbocycles. The monoisotopic (exact) mass is 284 g/mol. The molecule has 0 aliphatic carbocycles. The summed E-state index contributed by atoms with van der Waals surface area (Å²) in [5, 5.41) is 26.2. The number of hydrogen-bond acceptors (Lipinski definition) is 4. The molecule has 1 atom stereocenters. The molecule has 4 N–H and O–H groups in total. The Hall–Kier alpha value is -2.20. The molecule has 0 bridgehead atoms. The lowest BCUT2D eigenvalue weighted by Crippen LogP contribution is -2.34. The van der Waals surface area contributed by atoms with Gasteiger partial charge in [-0.05, 0) is 55.3 Å². The molecule has 21 heavy (non-hydrogen) atoms. The van der Waals surface area contributed by atoms with Crippen LogP contribution in [0.15, 0.2) is 36.4 Å². The summed E-state index contributed by atoms with van der Waals surface area (Å²) in [6, 6.07) is 11.7. The summed E-state index contributed by atoms with van der Waals surface area (Å²) in [5.74, 6) is -0.0984. The van der Waals surface area contributed by atoms with E-state index in [1.54, 1.807) is 12.1 Å². The average Bonchev–Trinajstić information content (AvgIpc) is 2.48. The van der Waals surface area contributed by atoms with Crippen LogP contribution in [0, 0.1) is 6.92 Å². The first-order valence-electron chi connectivity index (χ1n) is 7.22. The van der Waals surface area contributed by atoms with Crippen LogP contribution in [0.3, 0.4) is 0 Å². The molecule has 110 valence electrons. The van der Waals surface area contributed by atoms with Gasteiger partial charge in [0, 0.05) is 18.3 Å². The van der Waals surface area contributed by atoms with E-state index in [1.165, 1.54) is 5.56 Å². The fourth-order valence-corrected chi connectivity index (χ4v) is 2.74. The van der Waals surface area contributed by atoms with E-state index < -0.39 is 0 Å². The molecule has 4 heteroatoms. The molecule has 2 aromatic rings. The summed E-state index contributed by atoms with van der Waals surface area (Å²) in [6.45, 7) is 3.68. The Morgan fingerprint density at radius 1 is 1.14 bits per heavy atom. The molecule has 4 nitrogen and oxygen atoms in total. The SMILES string of the molecule is Cc1ccc(NCC2NCCc3cc(O)c(O)cc32)cc1. The van der Waals surface area contributed by atoms with Gasteiger partial charge in [-0.15, -0.1) is 0 Å². The van der Waals surface area contributed by atoms with Crippen molar-refractivity contribution in [2.24, 2.45) is 0 Å². The smallest absolute Gasteiger partial charge is 0.157 e. The molecule has 0 radical (unpaired) electrons.